The van der Waals surface area contributed by atoms with Gasteiger partial charge in [0, 0.05) is 35.7 Å². The molecule has 3 rings (SSSR count). The van der Waals surface area contributed by atoms with Gasteiger partial charge in [0.2, 0.25) is 0 Å². The first-order valence-electron chi connectivity index (χ1n) is 8.64. The van der Waals surface area contributed by atoms with E-state index in [0.717, 1.165) is 5.56 Å². The maximum absolute atomic E-state index is 12.6. The molecule has 8 nitrogen and oxygen atoms in total. The lowest BCUT2D eigenvalue weighted by Gasteiger charge is -2.14. The lowest BCUT2D eigenvalue weighted by molar-refractivity contribution is -0.384. The number of esters is 1. The topological polar surface area (TPSA) is 108 Å². The molecule has 0 saturated carbocycles. The van der Waals surface area contributed by atoms with Crippen LogP contribution >= 0.6 is 0 Å². The zero-order valence-corrected chi connectivity index (χ0v) is 15.7. The molecule has 0 saturated heterocycles. The number of hydrogen-bond donors (Lipinski definition) is 0. The SMILES string of the molecule is CCOC(=O)c1c(C)nc(-c2cccnc2)nc1-c1cc([N+](=O)[O-])ccc1C. The largest absolute Gasteiger partial charge is 0.462 e. The van der Waals surface area contributed by atoms with Gasteiger partial charge in [0.1, 0.15) is 5.56 Å². The van der Waals surface area contributed by atoms with Crippen LogP contribution in [-0.4, -0.2) is 32.5 Å². The molecule has 0 radical (unpaired) electrons. The van der Waals surface area contributed by atoms with E-state index in [1.807, 2.05) is 0 Å². The number of ether oxygens (including phenoxy) is 1. The van der Waals surface area contributed by atoms with Crippen molar-refractivity contribution in [2.45, 2.75) is 20.8 Å². The van der Waals surface area contributed by atoms with Crippen molar-refractivity contribution >= 4 is 11.7 Å². The van der Waals surface area contributed by atoms with Gasteiger partial charge in [-0.3, -0.25) is 15.1 Å². The van der Waals surface area contributed by atoms with Crippen LogP contribution < -0.4 is 0 Å². The van der Waals surface area contributed by atoms with Crippen LogP contribution in [-0.2, 0) is 4.74 Å². The number of non-ortho nitro benzene ring substituents is 1. The Bertz CT molecular complexity index is 1050. The van der Waals surface area contributed by atoms with Crippen molar-refractivity contribution in [3.05, 3.63) is 69.7 Å². The predicted octanol–water partition coefficient (Wildman–Crippen LogP) is 3.91. The lowest BCUT2D eigenvalue weighted by Crippen LogP contribution is -2.13. The number of nitro benzene ring substituents is 1. The van der Waals surface area contributed by atoms with Crippen LogP contribution in [0.25, 0.3) is 22.6 Å². The zero-order chi connectivity index (χ0) is 20.3. The summed E-state index contributed by atoms with van der Waals surface area (Å²) >= 11 is 0. The van der Waals surface area contributed by atoms with E-state index in [2.05, 4.69) is 15.0 Å². The minimum absolute atomic E-state index is 0.0883. The fraction of sp³-hybridized carbons (Fsp3) is 0.200. The monoisotopic (exact) mass is 378 g/mol. The van der Waals surface area contributed by atoms with Gasteiger partial charge in [0.15, 0.2) is 5.82 Å². The Morgan fingerprint density at radius 1 is 1.21 bits per heavy atom. The normalized spacial score (nSPS) is 10.5. The fourth-order valence-corrected chi connectivity index (χ4v) is 2.82. The highest BCUT2D eigenvalue weighted by molar-refractivity contribution is 5.98. The molecule has 0 aliphatic carbocycles. The summed E-state index contributed by atoms with van der Waals surface area (Å²) in [5.74, 6) is -0.196. The molecule has 0 aliphatic heterocycles. The number of aryl methyl sites for hydroxylation is 2. The highest BCUT2D eigenvalue weighted by Crippen LogP contribution is 2.32. The maximum atomic E-state index is 12.6. The molecule has 0 amide bonds. The Morgan fingerprint density at radius 3 is 2.64 bits per heavy atom. The Hall–Kier alpha value is -3.68. The fourth-order valence-electron chi connectivity index (χ4n) is 2.82. The maximum Gasteiger partial charge on any atom is 0.342 e. The molecular weight excluding hydrogens is 360 g/mol. The summed E-state index contributed by atoms with van der Waals surface area (Å²) in [7, 11) is 0. The summed E-state index contributed by atoms with van der Waals surface area (Å²) in [6.45, 7) is 5.38. The minimum Gasteiger partial charge on any atom is -0.462 e. The third-order valence-corrected chi connectivity index (χ3v) is 4.18. The summed E-state index contributed by atoms with van der Waals surface area (Å²) in [4.78, 5) is 36.4. The number of rotatable bonds is 5. The third-order valence-electron chi connectivity index (χ3n) is 4.18. The van der Waals surface area contributed by atoms with E-state index in [1.54, 1.807) is 51.4 Å². The third kappa shape index (κ3) is 3.71. The van der Waals surface area contributed by atoms with E-state index in [9.17, 15) is 14.9 Å². The number of aromatic nitrogens is 3. The highest BCUT2D eigenvalue weighted by atomic mass is 16.6. The number of nitrogens with zero attached hydrogens (tertiary/aromatic N) is 4. The second-order valence-corrected chi connectivity index (χ2v) is 6.07. The number of nitro groups is 1. The standard InChI is InChI=1S/C20H18N4O4/c1-4-28-20(25)17-13(3)22-19(14-6-5-9-21-11-14)23-18(17)16-10-15(24(26)27)8-7-12(16)2/h5-11H,4H2,1-3H3. The van der Waals surface area contributed by atoms with E-state index >= 15 is 0 Å². The first-order valence-corrected chi connectivity index (χ1v) is 8.64. The molecule has 0 bridgehead atoms. The Kier molecular flexibility index (Phi) is 5.39. The molecule has 28 heavy (non-hydrogen) atoms. The van der Waals surface area contributed by atoms with Crippen molar-refractivity contribution in [2.75, 3.05) is 6.61 Å². The Balaban J connectivity index is 2.30. The van der Waals surface area contributed by atoms with Crippen LogP contribution in [0.3, 0.4) is 0 Å². The molecule has 3 aromatic rings. The summed E-state index contributed by atoms with van der Waals surface area (Å²) < 4.78 is 5.17. The molecule has 8 heteroatoms. The first-order chi connectivity index (χ1) is 13.4. The number of pyridine rings is 1. The molecule has 0 spiro atoms. The minimum atomic E-state index is -0.571. The van der Waals surface area contributed by atoms with Crippen molar-refractivity contribution < 1.29 is 14.5 Å². The van der Waals surface area contributed by atoms with Crippen LogP contribution in [0, 0.1) is 24.0 Å². The number of hydrogen-bond acceptors (Lipinski definition) is 7. The second kappa shape index (κ2) is 7.91. The van der Waals surface area contributed by atoms with E-state index < -0.39 is 10.9 Å². The molecule has 142 valence electrons. The van der Waals surface area contributed by atoms with Gasteiger partial charge in [-0.2, -0.15) is 0 Å². The van der Waals surface area contributed by atoms with Crippen LogP contribution in [0.15, 0.2) is 42.7 Å². The molecule has 0 N–H and O–H groups in total. The summed E-state index contributed by atoms with van der Waals surface area (Å²) in [6, 6.07) is 8.01. The number of carbonyl (C=O) groups is 1. The van der Waals surface area contributed by atoms with Crippen molar-refractivity contribution in [1.82, 2.24) is 15.0 Å². The smallest absolute Gasteiger partial charge is 0.342 e. The summed E-state index contributed by atoms with van der Waals surface area (Å²) in [5.41, 5.74) is 2.72. The van der Waals surface area contributed by atoms with E-state index in [4.69, 9.17) is 4.74 Å². The van der Waals surface area contributed by atoms with Crippen LogP contribution in [0.4, 0.5) is 5.69 Å². The van der Waals surface area contributed by atoms with E-state index in [1.165, 1.54) is 12.1 Å². The average molecular weight is 378 g/mol. The van der Waals surface area contributed by atoms with Crippen molar-refractivity contribution in [3.63, 3.8) is 0 Å². The molecule has 2 aromatic heterocycles. The lowest BCUT2D eigenvalue weighted by atomic mass is 9.99. The predicted molar refractivity (Wildman–Crippen MR) is 103 cm³/mol. The van der Waals surface area contributed by atoms with Crippen molar-refractivity contribution in [3.8, 4) is 22.6 Å². The van der Waals surface area contributed by atoms with Crippen LogP contribution in [0.1, 0.15) is 28.5 Å². The summed E-state index contributed by atoms with van der Waals surface area (Å²) in [6.07, 6.45) is 3.25. The molecule has 1 aromatic carbocycles. The molecular formula is C20H18N4O4. The second-order valence-electron chi connectivity index (χ2n) is 6.07. The zero-order valence-electron chi connectivity index (χ0n) is 15.7. The molecule has 0 unspecified atom stereocenters. The summed E-state index contributed by atoms with van der Waals surface area (Å²) in [5, 5.41) is 11.2. The Labute approximate surface area is 161 Å². The highest BCUT2D eigenvalue weighted by Gasteiger charge is 2.24. The molecule has 0 aliphatic rings. The van der Waals surface area contributed by atoms with Gasteiger partial charge < -0.3 is 4.74 Å². The molecule has 0 atom stereocenters. The van der Waals surface area contributed by atoms with Gasteiger partial charge >= 0.3 is 5.97 Å². The van der Waals surface area contributed by atoms with Crippen molar-refractivity contribution in [1.29, 1.82) is 0 Å². The van der Waals surface area contributed by atoms with Crippen molar-refractivity contribution in [2.24, 2.45) is 0 Å². The van der Waals surface area contributed by atoms with Gasteiger partial charge in [-0.1, -0.05) is 6.07 Å². The molecule has 0 fully saturated rings. The van der Waals surface area contributed by atoms with Gasteiger partial charge in [-0.25, -0.2) is 14.8 Å². The number of carbonyl (C=O) groups excluding carboxylic acids is 1. The molecule has 2 heterocycles. The van der Waals surface area contributed by atoms with Gasteiger partial charge in [-0.05, 0) is 38.5 Å². The quantitative estimate of drug-likeness (QED) is 0.376. The van der Waals surface area contributed by atoms with Gasteiger partial charge in [0.25, 0.3) is 5.69 Å². The van der Waals surface area contributed by atoms with Gasteiger partial charge in [0.05, 0.1) is 22.9 Å². The number of benzene rings is 1. The van der Waals surface area contributed by atoms with E-state index in [0.29, 0.717) is 28.3 Å². The van der Waals surface area contributed by atoms with Crippen LogP contribution in [0.2, 0.25) is 0 Å². The average Bonchev–Trinajstić information content (AvgIpc) is 2.68. The van der Waals surface area contributed by atoms with E-state index in [-0.39, 0.29) is 17.9 Å². The Morgan fingerprint density at radius 2 is 2.00 bits per heavy atom. The van der Waals surface area contributed by atoms with Crippen LogP contribution in [0.5, 0.6) is 0 Å². The van der Waals surface area contributed by atoms with Gasteiger partial charge in [-0.15, -0.1) is 0 Å². The first kappa shape index (κ1) is 19.1.